The van der Waals surface area contributed by atoms with Gasteiger partial charge in [0, 0.05) is 19.3 Å². The highest BCUT2D eigenvalue weighted by Crippen LogP contribution is 2.17. The minimum absolute atomic E-state index is 0.0819. The lowest BCUT2D eigenvalue weighted by Crippen LogP contribution is -2.30. The summed E-state index contributed by atoms with van der Waals surface area (Å²) in [5, 5.41) is 0. The zero-order valence-electron chi connectivity index (χ0n) is 51.9. The van der Waals surface area contributed by atoms with Crippen LogP contribution >= 0.6 is 0 Å². The minimum atomic E-state index is -0.787. The first-order valence-corrected chi connectivity index (χ1v) is 33.9. The summed E-state index contributed by atoms with van der Waals surface area (Å²) in [6.07, 6.45) is 86.3. The number of carbonyl (C=O) groups excluding carboxylic acids is 3. The summed E-state index contributed by atoms with van der Waals surface area (Å²) in [6.45, 7) is 6.63. The number of carbonyl (C=O) groups is 3. The highest BCUT2D eigenvalue weighted by atomic mass is 16.6. The molecule has 1 atom stereocenters. The molecule has 6 nitrogen and oxygen atoms in total. The summed E-state index contributed by atoms with van der Waals surface area (Å²) in [4.78, 5) is 38.3. The monoisotopic (exact) mass is 1090 g/mol. The van der Waals surface area contributed by atoms with Crippen LogP contribution in [0.2, 0.25) is 0 Å². The fraction of sp³-hybridized carbons (Fsp3) is 0.792. The molecule has 78 heavy (non-hydrogen) atoms. The van der Waals surface area contributed by atoms with Gasteiger partial charge in [0.25, 0.3) is 0 Å². The maximum Gasteiger partial charge on any atom is 0.306 e. The number of allylic oxidation sites excluding steroid dienone is 12. The molecule has 0 aromatic carbocycles. The number of hydrogen-bond acceptors (Lipinski definition) is 6. The molecule has 0 aliphatic rings. The van der Waals surface area contributed by atoms with Gasteiger partial charge in [0.05, 0.1) is 0 Å². The molecule has 6 heteroatoms. The van der Waals surface area contributed by atoms with Gasteiger partial charge in [-0.2, -0.15) is 0 Å². The topological polar surface area (TPSA) is 78.9 Å². The average Bonchev–Trinajstić information content (AvgIpc) is 3.44. The molecule has 0 aromatic heterocycles. The van der Waals surface area contributed by atoms with Crippen molar-refractivity contribution in [3.05, 3.63) is 72.9 Å². The van der Waals surface area contributed by atoms with E-state index in [1.54, 1.807) is 0 Å². The molecule has 0 amide bonds. The maximum atomic E-state index is 12.9. The van der Waals surface area contributed by atoms with E-state index in [-0.39, 0.29) is 31.1 Å². The summed E-state index contributed by atoms with van der Waals surface area (Å²) in [5.74, 6) is -0.889. The third kappa shape index (κ3) is 63.7. The van der Waals surface area contributed by atoms with Crippen molar-refractivity contribution in [2.24, 2.45) is 0 Å². The number of unbranched alkanes of at least 4 members (excludes halogenated alkanes) is 39. The van der Waals surface area contributed by atoms with Gasteiger partial charge in [0.1, 0.15) is 13.2 Å². The van der Waals surface area contributed by atoms with Crippen molar-refractivity contribution >= 4 is 17.9 Å². The van der Waals surface area contributed by atoms with Crippen molar-refractivity contribution in [1.29, 1.82) is 0 Å². The summed E-state index contributed by atoms with van der Waals surface area (Å²) < 4.78 is 16.9. The SMILES string of the molecule is CCCCCC/C=C\C/C=C\CCCCCCCC(=O)OC(COC(=O)CCCCCCC/C=C\CCCCCCCC)COC(=O)CCCCCCCCCCCCCCCC/C=C\C/C=C\C/C=C\CCCCCCC. The zero-order valence-corrected chi connectivity index (χ0v) is 51.9. The molecule has 0 heterocycles. The smallest absolute Gasteiger partial charge is 0.306 e. The van der Waals surface area contributed by atoms with Crippen molar-refractivity contribution < 1.29 is 28.6 Å². The van der Waals surface area contributed by atoms with E-state index in [9.17, 15) is 14.4 Å². The van der Waals surface area contributed by atoms with Crippen molar-refractivity contribution in [3.63, 3.8) is 0 Å². The molecule has 0 radical (unpaired) electrons. The Labute approximate surface area is 484 Å². The van der Waals surface area contributed by atoms with Crippen LogP contribution in [0.3, 0.4) is 0 Å². The molecule has 0 saturated carbocycles. The summed E-state index contributed by atoms with van der Waals surface area (Å²) in [7, 11) is 0. The Balaban J connectivity index is 4.26. The van der Waals surface area contributed by atoms with Gasteiger partial charge in [0.2, 0.25) is 0 Å². The maximum absolute atomic E-state index is 12.9. The Morgan fingerprint density at radius 1 is 0.256 bits per heavy atom. The quantitative estimate of drug-likeness (QED) is 0.0261. The van der Waals surface area contributed by atoms with Crippen molar-refractivity contribution in [2.75, 3.05) is 13.2 Å². The minimum Gasteiger partial charge on any atom is -0.462 e. The number of rotatable bonds is 62. The van der Waals surface area contributed by atoms with Gasteiger partial charge in [0.15, 0.2) is 6.10 Å². The first kappa shape index (κ1) is 74.8. The van der Waals surface area contributed by atoms with Crippen LogP contribution in [0.1, 0.15) is 348 Å². The lowest BCUT2D eigenvalue weighted by Gasteiger charge is -2.18. The van der Waals surface area contributed by atoms with E-state index in [1.165, 1.54) is 205 Å². The molecule has 0 fully saturated rings. The van der Waals surface area contributed by atoms with Crippen LogP contribution in [-0.2, 0) is 28.6 Å². The van der Waals surface area contributed by atoms with Crippen LogP contribution < -0.4 is 0 Å². The standard InChI is InChI=1S/C72H128O6/c1-4-7-10-13-16-19-22-25-28-30-31-32-33-34-35-36-37-38-39-40-41-42-45-47-50-53-56-59-62-65-71(74)77-68-69(67-76-70(73)64-61-58-55-52-49-46-43-27-24-21-18-15-12-9-6-3)78-72(75)66-63-60-57-54-51-48-44-29-26-23-20-17-14-11-8-5-2/h20,22-23,25,27,29-31,33-34,43-44,69H,4-19,21,24,26,28,32,35-42,45-68H2,1-3H3/b23-20-,25-22-,31-30-,34-33-,43-27-,44-29-. The molecule has 0 N–H and O–H groups in total. The highest BCUT2D eigenvalue weighted by Gasteiger charge is 2.19. The van der Waals surface area contributed by atoms with Gasteiger partial charge in [-0.05, 0) is 116 Å². The predicted molar refractivity (Wildman–Crippen MR) is 339 cm³/mol. The van der Waals surface area contributed by atoms with Crippen molar-refractivity contribution in [2.45, 2.75) is 354 Å². The van der Waals surface area contributed by atoms with Crippen LogP contribution in [0.5, 0.6) is 0 Å². The van der Waals surface area contributed by atoms with Crippen LogP contribution in [0.25, 0.3) is 0 Å². The van der Waals surface area contributed by atoms with Crippen LogP contribution in [0.15, 0.2) is 72.9 Å². The molecule has 0 aromatic rings. The van der Waals surface area contributed by atoms with E-state index in [1.807, 2.05) is 0 Å². The van der Waals surface area contributed by atoms with Crippen LogP contribution in [-0.4, -0.2) is 37.2 Å². The van der Waals surface area contributed by atoms with E-state index < -0.39 is 6.10 Å². The second-order valence-electron chi connectivity index (χ2n) is 22.7. The molecular formula is C72H128O6. The Morgan fingerprint density at radius 3 is 0.744 bits per heavy atom. The molecule has 0 aliphatic carbocycles. The third-order valence-electron chi connectivity index (χ3n) is 14.9. The largest absolute Gasteiger partial charge is 0.462 e. The van der Waals surface area contributed by atoms with Crippen molar-refractivity contribution in [3.8, 4) is 0 Å². The van der Waals surface area contributed by atoms with E-state index >= 15 is 0 Å². The third-order valence-corrected chi connectivity index (χ3v) is 14.9. The molecule has 0 aliphatic heterocycles. The van der Waals surface area contributed by atoms with E-state index in [0.717, 1.165) is 103 Å². The molecule has 452 valence electrons. The lowest BCUT2D eigenvalue weighted by atomic mass is 10.0. The van der Waals surface area contributed by atoms with Gasteiger partial charge in [-0.1, -0.05) is 286 Å². The Hall–Kier alpha value is -3.15. The number of hydrogen-bond donors (Lipinski definition) is 0. The Bertz CT molecular complexity index is 1440. The van der Waals surface area contributed by atoms with E-state index in [4.69, 9.17) is 14.2 Å². The second kappa shape index (κ2) is 66.4. The average molecular weight is 1090 g/mol. The van der Waals surface area contributed by atoms with E-state index in [0.29, 0.717) is 19.3 Å². The molecule has 0 rings (SSSR count). The lowest BCUT2D eigenvalue weighted by molar-refractivity contribution is -0.167. The summed E-state index contributed by atoms with van der Waals surface area (Å²) >= 11 is 0. The zero-order chi connectivity index (χ0) is 56.4. The molecular weight excluding hydrogens is 961 g/mol. The van der Waals surface area contributed by atoms with Gasteiger partial charge in [-0.3, -0.25) is 14.4 Å². The highest BCUT2D eigenvalue weighted by molar-refractivity contribution is 5.71. The van der Waals surface area contributed by atoms with Gasteiger partial charge in [-0.25, -0.2) is 0 Å². The van der Waals surface area contributed by atoms with Gasteiger partial charge in [-0.15, -0.1) is 0 Å². The molecule has 1 unspecified atom stereocenters. The predicted octanol–water partition coefficient (Wildman–Crippen LogP) is 23.3. The van der Waals surface area contributed by atoms with E-state index in [2.05, 4.69) is 93.7 Å². The first-order valence-electron chi connectivity index (χ1n) is 33.9. The molecule has 0 spiro atoms. The summed E-state index contributed by atoms with van der Waals surface area (Å²) in [5.41, 5.74) is 0. The van der Waals surface area contributed by atoms with Crippen LogP contribution in [0, 0.1) is 0 Å². The first-order chi connectivity index (χ1) is 38.5. The Kier molecular flexibility index (Phi) is 63.7. The fourth-order valence-electron chi connectivity index (χ4n) is 9.77. The molecule has 0 bridgehead atoms. The Morgan fingerprint density at radius 2 is 0.462 bits per heavy atom. The summed E-state index contributed by atoms with van der Waals surface area (Å²) in [6, 6.07) is 0. The normalized spacial score (nSPS) is 12.5. The van der Waals surface area contributed by atoms with Crippen LogP contribution in [0.4, 0.5) is 0 Å². The fourth-order valence-corrected chi connectivity index (χ4v) is 9.77. The number of esters is 3. The molecule has 0 saturated heterocycles. The van der Waals surface area contributed by atoms with Crippen molar-refractivity contribution in [1.82, 2.24) is 0 Å². The number of ether oxygens (including phenoxy) is 3. The van der Waals surface area contributed by atoms with Gasteiger partial charge >= 0.3 is 17.9 Å². The second-order valence-corrected chi connectivity index (χ2v) is 22.7. The van der Waals surface area contributed by atoms with Gasteiger partial charge < -0.3 is 14.2 Å².